The number of nitrogens with one attached hydrogen (secondary N) is 2. The molecule has 3 rings (SSSR count). The van der Waals surface area contributed by atoms with E-state index in [1.54, 1.807) is 0 Å². The lowest BCUT2D eigenvalue weighted by Crippen LogP contribution is -2.29. The standard InChI is InChI=1S/C18H21N3/c1-13-9-14(2)11-17(10-13)20-21-12-19-15(3)18(21)16-7-5-4-6-8-16/h4-11,19-20H,12H2,1-3H3. The highest BCUT2D eigenvalue weighted by Gasteiger charge is 2.20. The number of hydrogen-bond acceptors (Lipinski definition) is 3. The molecule has 0 aliphatic carbocycles. The second-order valence-electron chi connectivity index (χ2n) is 5.59. The summed E-state index contributed by atoms with van der Waals surface area (Å²) in [6, 6.07) is 17.0. The maximum Gasteiger partial charge on any atom is 0.108 e. The van der Waals surface area contributed by atoms with Gasteiger partial charge in [-0.25, -0.2) is 0 Å². The fourth-order valence-corrected chi connectivity index (χ4v) is 2.82. The van der Waals surface area contributed by atoms with E-state index in [0.29, 0.717) is 0 Å². The van der Waals surface area contributed by atoms with E-state index >= 15 is 0 Å². The summed E-state index contributed by atoms with van der Waals surface area (Å²) in [5, 5.41) is 5.58. The maximum absolute atomic E-state index is 3.51. The van der Waals surface area contributed by atoms with Gasteiger partial charge in [-0.2, -0.15) is 0 Å². The summed E-state index contributed by atoms with van der Waals surface area (Å²) in [5.74, 6) is 0. The third-order valence-electron chi connectivity index (χ3n) is 3.66. The maximum atomic E-state index is 3.51. The van der Waals surface area contributed by atoms with Gasteiger partial charge in [0, 0.05) is 11.3 Å². The van der Waals surface area contributed by atoms with Crippen LogP contribution in [0.1, 0.15) is 23.6 Å². The van der Waals surface area contributed by atoms with Crippen molar-refractivity contribution in [2.75, 3.05) is 12.1 Å². The summed E-state index contributed by atoms with van der Waals surface area (Å²) in [5.41, 5.74) is 10.8. The smallest absolute Gasteiger partial charge is 0.108 e. The molecule has 0 bridgehead atoms. The molecule has 0 saturated heterocycles. The molecule has 0 atom stereocenters. The largest absolute Gasteiger partial charge is 0.368 e. The Morgan fingerprint density at radius 2 is 1.62 bits per heavy atom. The van der Waals surface area contributed by atoms with Crippen LogP contribution < -0.4 is 10.7 Å². The van der Waals surface area contributed by atoms with Crippen molar-refractivity contribution in [2.24, 2.45) is 0 Å². The molecule has 2 aromatic rings. The molecule has 1 aliphatic rings. The highest BCUT2D eigenvalue weighted by molar-refractivity contribution is 5.69. The number of benzene rings is 2. The minimum absolute atomic E-state index is 0.767. The van der Waals surface area contributed by atoms with Crippen LogP contribution in [0.4, 0.5) is 5.69 Å². The average molecular weight is 279 g/mol. The summed E-state index contributed by atoms with van der Waals surface area (Å²) in [4.78, 5) is 0. The second-order valence-corrected chi connectivity index (χ2v) is 5.59. The third kappa shape index (κ3) is 2.87. The van der Waals surface area contributed by atoms with Gasteiger partial charge < -0.3 is 5.32 Å². The van der Waals surface area contributed by atoms with Crippen LogP contribution in [-0.2, 0) is 0 Å². The first kappa shape index (κ1) is 13.6. The Morgan fingerprint density at radius 3 is 2.29 bits per heavy atom. The quantitative estimate of drug-likeness (QED) is 0.892. The van der Waals surface area contributed by atoms with Gasteiger partial charge in [0.25, 0.3) is 0 Å². The van der Waals surface area contributed by atoms with Crippen molar-refractivity contribution in [3.63, 3.8) is 0 Å². The number of aryl methyl sites for hydroxylation is 2. The number of hydrazine groups is 1. The zero-order valence-corrected chi connectivity index (χ0v) is 12.8. The first-order valence-corrected chi connectivity index (χ1v) is 7.26. The molecule has 0 radical (unpaired) electrons. The number of anilines is 1. The van der Waals surface area contributed by atoms with Gasteiger partial charge in [-0.3, -0.25) is 10.4 Å². The summed E-state index contributed by atoms with van der Waals surface area (Å²) < 4.78 is 0. The van der Waals surface area contributed by atoms with E-state index in [4.69, 9.17) is 0 Å². The van der Waals surface area contributed by atoms with Gasteiger partial charge in [0.05, 0.1) is 11.4 Å². The van der Waals surface area contributed by atoms with Crippen molar-refractivity contribution in [2.45, 2.75) is 20.8 Å². The van der Waals surface area contributed by atoms with Gasteiger partial charge in [-0.15, -0.1) is 0 Å². The predicted octanol–water partition coefficient (Wildman–Crippen LogP) is 3.88. The normalized spacial score (nSPS) is 14.3. The van der Waals surface area contributed by atoms with Crippen molar-refractivity contribution in [3.8, 4) is 0 Å². The van der Waals surface area contributed by atoms with E-state index in [1.165, 1.54) is 28.1 Å². The van der Waals surface area contributed by atoms with Gasteiger partial charge in [0.2, 0.25) is 0 Å². The van der Waals surface area contributed by atoms with Crippen LogP contribution in [0.2, 0.25) is 0 Å². The lowest BCUT2D eigenvalue weighted by molar-refractivity contribution is 0.483. The molecule has 2 N–H and O–H groups in total. The molecule has 108 valence electrons. The number of rotatable bonds is 3. The molecule has 0 aromatic heterocycles. The molecule has 0 amide bonds. The lowest BCUT2D eigenvalue weighted by atomic mass is 10.1. The number of nitrogens with zero attached hydrogens (tertiary/aromatic N) is 1. The Kier molecular flexibility index (Phi) is 3.57. The zero-order chi connectivity index (χ0) is 14.8. The van der Waals surface area contributed by atoms with Crippen LogP contribution >= 0.6 is 0 Å². The number of hydrogen-bond donors (Lipinski definition) is 2. The van der Waals surface area contributed by atoms with Crippen LogP contribution in [0.5, 0.6) is 0 Å². The summed E-state index contributed by atoms with van der Waals surface area (Å²) >= 11 is 0. The monoisotopic (exact) mass is 279 g/mol. The Bertz CT molecular complexity index is 654. The van der Waals surface area contributed by atoms with Crippen LogP contribution in [0.3, 0.4) is 0 Å². The second kappa shape index (κ2) is 5.52. The Labute approximate surface area is 126 Å². The molecule has 0 spiro atoms. The Morgan fingerprint density at radius 1 is 0.952 bits per heavy atom. The van der Waals surface area contributed by atoms with Crippen molar-refractivity contribution in [3.05, 3.63) is 70.9 Å². The van der Waals surface area contributed by atoms with Crippen molar-refractivity contribution in [1.82, 2.24) is 10.3 Å². The topological polar surface area (TPSA) is 27.3 Å². The molecule has 21 heavy (non-hydrogen) atoms. The first-order chi connectivity index (χ1) is 10.1. The van der Waals surface area contributed by atoms with Crippen molar-refractivity contribution in [1.29, 1.82) is 0 Å². The Balaban J connectivity index is 1.89. The Hall–Kier alpha value is -2.42. The highest BCUT2D eigenvalue weighted by Crippen LogP contribution is 2.27. The van der Waals surface area contributed by atoms with E-state index < -0.39 is 0 Å². The molecule has 1 aliphatic heterocycles. The summed E-state index contributed by atoms with van der Waals surface area (Å²) in [7, 11) is 0. The van der Waals surface area contributed by atoms with Crippen molar-refractivity contribution < 1.29 is 0 Å². The van der Waals surface area contributed by atoms with E-state index in [-0.39, 0.29) is 0 Å². The van der Waals surface area contributed by atoms with Gasteiger partial charge in [-0.1, -0.05) is 36.4 Å². The highest BCUT2D eigenvalue weighted by atomic mass is 15.6. The third-order valence-corrected chi connectivity index (χ3v) is 3.66. The molecule has 1 heterocycles. The van der Waals surface area contributed by atoms with Gasteiger partial charge in [-0.05, 0) is 44.0 Å². The first-order valence-electron chi connectivity index (χ1n) is 7.26. The van der Waals surface area contributed by atoms with Crippen LogP contribution in [-0.4, -0.2) is 11.7 Å². The minimum atomic E-state index is 0.767. The lowest BCUT2D eigenvalue weighted by Gasteiger charge is -2.24. The van der Waals surface area contributed by atoms with Crippen LogP contribution in [0.25, 0.3) is 5.70 Å². The molecular formula is C18H21N3. The minimum Gasteiger partial charge on any atom is -0.368 e. The fourth-order valence-electron chi connectivity index (χ4n) is 2.82. The van der Waals surface area contributed by atoms with Crippen molar-refractivity contribution >= 4 is 11.4 Å². The predicted molar refractivity (Wildman–Crippen MR) is 88.4 cm³/mol. The van der Waals surface area contributed by atoms with E-state index in [2.05, 4.69) is 79.0 Å². The number of allylic oxidation sites excluding steroid dienone is 1. The zero-order valence-electron chi connectivity index (χ0n) is 12.8. The molecule has 2 aromatic carbocycles. The van der Waals surface area contributed by atoms with Crippen LogP contribution in [0, 0.1) is 13.8 Å². The molecule has 3 nitrogen and oxygen atoms in total. The van der Waals surface area contributed by atoms with Crippen LogP contribution in [0.15, 0.2) is 54.2 Å². The van der Waals surface area contributed by atoms with Gasteiger partial charge in [0.15, 0.2) is 0 Å². The molecule has 0 unspecified atom stereocenters. The summed E-state index contributed by atoms with van der Waals surface area (Å²) in [6.45, 7) is 7.13. The average Bonchev–Trinajstić information content (AvgIpc) is 2.79. The van der Waals surface area contributed by atoms with E-state index in [9.17, 15) is 0 Å². The fraction of sp³-hybridized carbons (Fsp3) is 0.222. The summed E-state index contributed by atoms with van der Waals surface area (Å²) in [6.07, 6.45) is 0. The molecule has 0 saturated carbocycles. The SMILES string of the molecule is CC1=C(c2ccccc2)N(Nc2cc(C)cc(C)c2)CN1. The van der Waals surface area contributed by atoms with E-state index in [0.717, 1.165) is 12.4 Å². The molecule has 3 heteroatoms. The molecular weight excluding hydrogens is 258 g/mol. The van der Waals surface area contributed by atoms with Gasteiger partial charge in [0.1, 0.15) is 6.67 Å². The van der Waals surface area contributed by atoms with Gasteiger partial charge >= 0.3 is 0 Å². The van der Waals surface area contributed by atoms with E-state index in [1.807, 2.05) is 6.07 Å². The molecule has 0 fully saturated rings.